The number of nitrogens with one attached hydrogen (secondary N) is 3. The summed E-state index contributed by atoms with van der Waals surface area (Å²) >= 11 is 0. The molecule has 160 valence electrons. The molecule has 1 unspecified atom stereocenters. The van der Waals surface area contributed by atoms with E-state index in [2.05, 4.69) is 16.0 Å². The summed E-state index contributed by atoms with van der Waals surface area (Å²) in [5.74, 6) is -0.0651. The zero-order valence-corrected chi connectivity index (χ0v) is 17.2. The van der Waals surface area contributed by atoms with Crippen LogP contribution in [0.25, 0.3) is 0 Å². The number of likely N-dealkylation sites (N-methyl/N-ethyl adjacent to an activating group) is 1. The molecule has 4 N–H and O–H groups in total. The fourth-order valence-electron chi connectivity index (χ4n) is 4.00. The lowest BCUT2D eigenvalue weighted by molar-refractivity contribution is -0.130. The van der Waals surface area contributed by atoms with Crippen LogP contribution >= 0.6 is 0 Å². The van der Waals surface area contributed by atoms with E-state index in [1.54, 1.807) is 4.90 Å². The molecule has 2 atom stereocenters. The Hall–Kier alpha value is -2.32. The minimum atomic E-state index is -0.736. The van der Waals surface area contributed by atoms with Gasteiger partial charge in [-0.1, -0.05) is 25.8 Å². The molecule has 8 heteroatoms. The molecule has 0 bridgehead atoms. The number of hydrogen-bond donors (Lipinski definition) is 4. The van der Waals surface area contributed by atoms with E-state index in [1.807, 2.05) is 32.2 Å². The van der Waals surface area contributed by atoms with Crippen molar-refractivity contribution in [1.29, 1.82) is 0 Å². The molecule has 1 aliphatic carbocycles. The lowest BCUT2D eigenvalue weighted by Gasteiger charge is -2.24. The van der Waals surface area contributed by atoms with Crippen LogP contribution in [0.1, 0.15) is 56.3 Å². The number of carbonyl (C=O) groups excluding carboxylic acids is 2. The van der Waals surface area contributed by atoms with Crippen molar-refractivity contribution < 1.29 is 19.4 Å². The van der Waals surface area contributed by atoms with Crippen molar-refractivity contribution in [2.45, 2.75) is 63.9 Å². The predicted octanol–water partition coefficient (Wildman–Crippen LogP) is 2.10. The summed E-state index contributed by atoms with van der Waals surface area (Å²) in [7, 11) is 1.81. The Balaban J connectivity index is 1.50. The van der Waals surface area contributed by atoms with Gasteiger partial charge in [0.1, 0.15) is 6.23 Å². The van der Waals surface area contributed by atoms with Gasteiger partial charge in [-0.2, -0.15) is 0 Å². The van der Waals surface area contributed by atoms with Crippen LogP contribution in [-0.2, 0) is 16.1 Å². The Kier molecular flexibility index (Phi) is 7.33. The first-order valence-corrected chi connectivity index (χ1v) is 10.4. The number of hydrogen-bond acceptors (Lipinski definition) is 5. The van der Waals surface area contributed by atoms with Gasteiger partial charge in [0.25, 0.3) is 0 Å². The van der Waals surface area contributed by atoms with E-state index in [-0.39, 0.29) is 31.2 Å². The van der Waals surface area contributed by atoms with Crippen molar-refractivity contribution >= 4 is 17.6 Å². The summed E-state index contributed by atoms with van der Waals surface area (Å²) in [6, 6.07) is 5.70. The molecule has 2 aliphatic rings. The van der Waals surface area contributed by atoms with Gasteiger partial charge in [-0.05, 0) is 37.0 Å². The lowest BCUT2D eigenvalue weighted by atomic mass is 10.0. The molecule has 3 amide bonds. The molecule has 1 fully saturated rings. The Morgan fingerprint density at radius 3 is 2.76 bits per heavy atom. The van der Waals surface area contributed by atoms with Crippen LogP contribution in [0.5, 0.6) is 0 Å². The van der Waals surface area contributed by atoms with Crippen molar-refractivity contribution in [2.24, 2.45) is 0 Å². The molecule has 8 nitrogen and oxygen atoms in total. The average molecular weight is 405 g/mol. The van der Waals surface area contributed by atoms with Crippen LogP contribution in [0.2, 0.25) is 0 Å². The van der Waals surface area contributed by atoms with E-state index < -0.39 is 6.23 Å². The lowest BCUT2D eigenvalue weighted by Crippen LogP contribution is -2.45. The summed E-state index contributed by atoms with van der Waals surface area (Å²) in [5, 5.41) is 18.3. The number of fused-ring (bicyclic) bond motifs is 1. The van der Waals surface area contributed by atoms with Crippen LogP contribution in [0, 0.1) is 0 Å². The molecular formula is C21H32N4O4. The number of urea groups is 1. The largest absolute Gasteiger partial charge is 0.371 e. The molecule has 1 aliphatic heterocycles. The van der Waals surface area contributed by atoms with Gasteiger partial charge in [0, 0.05) is 30.9 Å². The highest BCUT2D eigenvalue weighted by Crippen LogP contribution is 2.32. The Labute approximate surface area is 172 Å². The maximum atomic E-state index is 12.2. The zero-order valence-electron chi connectivity index (χ0n) is 17.2. The molecule has 1 saturated carbocycles. The van der Waals surface area contributed by atoms with Gasteiger partial charge in [-0.25, -0.2) is 4.79 Å². The fraction of sp³-hybridized carbons (Fsp3) is 0.619. The third-order valence-corrected chi connectivity index (χ3v) is 5.73. The van der Waals surface area contributed by atoms with E-state index in [4.69, 9.17) is 4.74 Å². The van der Waals surface area contributed by atoms with Gasteiger partial charge in [-0.3, -0.25) is 4.79 Å². The molecule has 1 aromatic rings. The zero-order chi connectivity index (χ0) is 20.8. The topological polar surface area (TPSA) is 103 Å². The van der Waals surface area contributed by atoms with Crippen molar-refractivity contribution in [1.82, 2.24) is 15.5 Å². The number of benzene rings is 1. The molecule has 3 rings (SSSR count). The summed E-state index contributed by atoms with van der Waals surface area (Å²) in [5.41, 5.74) is 2.74. The van der Waals surface area contributed by atoms with E-state index >= 15 is 0 Å². The third-order valence-electron chi connectivity index (χ3n) is 5.73. The molecule has 0 spiro atoms. The van der Waals surface area contributed by atoms with Gasteiger partial charge in [-0.15, -0.1) is 0 Å². The van der Waals surface area contributed by atoms with Gasteiger partial charge < -0.3 is 30.7 Å². The minimum Gasteiger partial charge on any atom is -0.371 e. The number of amides is 3. The quantitative estimate of drug-likeness (QED) is 0.581. The fourth-order valence-corrected chi connectivity index (χ4v) is 4.00. The number of nitrogens with zero attached hydrogens (tertiary/aromatic N) is 1. The van der Waals surface area contributed by atoms with E-state index in [0.717, 1.165) is 48.9 Å². The molecule has 29 heavy (non-hydrogen) atoms. The van der Waals surface area contributed by atoms with Gasteiger partial charge in [0.15, 0.2) is 0 Å². The third kappa shape index (κ3) is 5.61. The van der Waals surface area contributed by atoms with Gasteiger partial charge >= 0.3 is 6.03 Å². The smallest absolute Gasteiger partial charge is 0.315 e. The van der Waals surface area contributed by atoms with Gasteiger partial charge in [0.2, 0.25) is 5.91 Å². The Morgan fingerprint density at radius 2 is 2.03 bits per heavy atom. The summed E-state index contributed by atoms with van der Waals surface area (Å²) in [4.78, 5) is 26.1. The van der Waals surface area contributed by atoms with Crippen LogP contribution in [0.4, 0.5) is 10.5 Å². The average Bonchev–Trinajstić information content (AvgIpc) is 3.21. The number of rotatable bonds is 6. The van der Waals surface area contributed by atoms with Crippen LogP contribution < -0.4 is 16.0 Å². The van der Waals surface area contributed by atoms with E-state index in [9.17, 15) is 14.7 Å². The SMILES string of the molecule is CCC1OC[C@@H](O)Nc2ccc(CNC(=O)NCC(=O)N(C)C3CCCC3)cc21. The molecule has 1 heterocycles. The summed E-state index contributed by atoms with van der Waals surface area (Å²) < 4.78 is 5.75. The van der Waals surface area contributed by atoms with Crippen molar-refractivity contribution in [3.05, 3.63) is 29.3 Å². The normalized spacial score (nSPS) is 21.6. The van der Waals surface area contributed by atoms with Crippen LogP contribution in [0.3, 0.4) is 0 Å². The first-order chi connectivity index (χ1) is 14.0. The first-order valence-electron chi connectivity index (χ1n) is 10.4. The van der Waals surface area contributed by atoms with Crippen molar-refractivity contribution in [3.8, 4) is 0 Å². The second-order valence-electron chi connectivity index (χ2n) is 7.79. The molecular weight excluding hydrogens is 372 g/mol. The Bertz CT molecular complexity index is 721. The number of aliphatic hydroxyl groups excluding tert-OH is 1. The number of ether oxygens (including phenoxy) is 1. The summed E-state index contributed by atoms with van der Waals surface area (Å²) in [6.45, 7) is 2.60. The van der Waals surface area contributed by atoms with Gasteiger partial charge in [0.05, 0.1) is 19.3 Å². The number of carbonyl (C=O) groups is 2. The van der Waals surface area contributed by atoms with Crippen molar-refractivity contribution in [2.75, 3.05) is 25.5 Å². The molecule has 0 radical (unpaired) electrons. The van der Waals surface area contributed by atoms with Crippen LogP contribution in [-0.4, -0.2) is 54.4 Å². The second-order valence-corrected chi connectivity index (χ2v) is 7.79. The monoisotopic (exact) mass is 404 g/mol. The maximum absolute atomic E-state index is 12.2. The molecule has 0 saturated heterocycles. The Morgan fingerprint density at radius 1 is 1.28 bits per heavy atom. The maximum Gasteiger partial charge on any atom is 0.315 e. The second kappa shape index (κ2) is 9.93. The predicted molar refractivity (Wildman–Crippen MR) is 110 cm³/mol. The highest BCUT2D eigenvalue weighted by Gasteiger charge is 2.24. The molecule has 0 aromatic heterocycles. The number of aliphatic hydroxyl groups is 1. The number of anilines is 1. The first kappa shape index (κ1) is 21.4. The van der Waals surface area contributed by atoms with Crippen LogP contribution in [0.15, 0.2) is 18.2 Å². The van der Waals surface area contributed by atoms with E-state index in [1.165, 1.54) is 0 Å². The van der Waals surface area contributed by atoms with E-state index in [0.29, 0.717) is 12.6 Å². The molecule has 1 aromatic carbocycles. The standard InChI is InChI=1S/C21H32N4O4/c1-3-18-16-10-14(8-9-17(16)24-19(26)13-29-18)11-22-21(28)23-12-20(27)25(2)15-6-4-5-7-15/h8-10,15,18-19,24,26H,3-7,11-13H2,1-2H3,(H2,22,23,28)/t18?,19-/m1/s1. The summed E-state index contributed by atoms with van der Waals surface area (Å²) in [6.07, 6.45) is 4.36. The highest BCUT2D eigenvalue weighted by molar-refractivity contribution is 5.84. The van der Waals surface area contributed by atoms with Crippen molar-refractivity contribution in [3.63, 3.8) is 0 Å². The highest BCUT2D eigenvalue weighted by atomic mass is 16.5. The minimum absolute atomic E-state index is 0.00339.